The van der Waals surface area contributed by atoms with Crippen LogP contribution in [0, 0.1) is 0 Å². The normalized spacial score (nSPS) is 16.9. The van der Waals surface area contributed by atoms with E-state index in [0.29, 0.717) is 5.92 Å². The van der Waals surface area contributed by atoms with Crippen LogP contribution in [0.3, 0.4) is 0 Å². The lowest BCUT2D eigenvalue weighted by molar-refractivity contribution is -0.137. The fraction of sp³-hybridized carbons (Fsp3) is 0.385. The highest BCUT2D eigenvalue weighted by molar-refractivity contribution is 7.18. The van der Waals surface area contributed by atoms with Gasteiger partial charge in [0.05, 0.1) is 21.6 Å². The van der Waals surface area contributed by atoms with Gasteiger partial charge in [-0.1, -0.05) is 6.07 Å². The molecule has 1 aromatic heterocycles. The fourth-order valence-corrected chi connectivity index (χ4v) is 3.19. The third-order valence-corrected chi connectivity index (χ3v) is 4.36. The van der Waals surface area contributed by atoms with Crippen LogP contribution in [0.4, 0.5) is 0 Å². The van der Waals surface area contributed by atoms with E-state index in [1.807, 2.05) is 18.2 Å². The number of benzene rings is 1. The van der Waals surface area contributed by atoms with Gasteiger partial charge in [0.1, 0.15) is 0 Å². The summed E-state index contributed by atoms with van der Waals surface area (Å²) in [6.45, 7) is 0. The molecule has 1 aliphatic carbocycles. The van der Waals surface area contributed by atoms with Crippen LogP contribution in [0.1, 0.15) is 41.8 Å². The highest BCUT2D eigenvalue weighted by atomic mass is 32.1. The monoisotopic (exact) mass is 262 g/mol. The van der Waals surface area contributed by atoms with Gasteiger partial charge in [-0.2, -0.15) is 0 Å². The van der Waals surface area contributed by atoms with Crippen molar-refractivity contribution in [1.29, 1.82) is 0 Å². The maximum absolute atomic E-state index is 10.7. The SMILES string of the molecule is NC(CC(=O)O)c1ccc2nc(C3CC3)sc2c1. The number of hydrogen-bond donors (Lipinski definition) is 2. The lowest BCUT2D eigenvalue weighted by Gasteiger charge is -2.08. The maximum atomic E-state index is 10.7. The standard InChI is InChI=1S/C13H14N2O2S/c14-9(6-12(16)17)8-3-4-10-11(5-8)18-13(15-10)7-1-2-7/h3-5,7,9H,1-2,6,14H2,(H,16,17). The Morgan fingerprint density at radius 3 is 3.00 bits per heavy atom. The Bertz CT molecular complexity index is 604. The molecule has 0 radical (unpaired) electrons. The molecule has 1 atom stereocenters. The number of aromatic nitrogens is 1. The van der Waals surface area contributed by atoms with E-state index >= 15 is 0 Å². The van der Waals surface area contributed by atoms with E-state index in [9.17, 15) is 4.79 Å². The first-order valence-corrected chi connectivity index (χ1v) is 6.83. The first kappa shape index (κ1) is 11.6. The molecule has 5 heteroatoms. The highest BCUT2D eigenvalue weighted by Crippen LogP contribution is 2.43. The van der Waals surface area contributed by atoms with Gasteiger partial charge in [-0.3, -0.25) is 4.79 Å². The quantitative estimate of drug-likeness (QED) is 0.888. The Kier molecular flexibility index (Phi) is 2.80. The minimum absolute atomic E-state index is 0.0419. The molecule has 1 fully saturated rings. The van der Waals surface area contributed by atoms with Gasteiger partial charge < -0.3 is 10.8 Å². The van der Waals surface area contributed by atoms with Crippen molar-refractivity contribution in [2.75, 3.05) is 0 Å². The lowest BCUT2D eigenvalue weighted by atomic mass is 10.0. The van der Waals surface area contributed by atoms with Crippen LogP contribution < -0.4 is 5.73 Å². The van der Waals surface area contributed by atoms with Crippen molar-refractivity contribution < 1.29 is 9.90 Å². The number of fused-ring (bicyclic) bond motifs is 1. The van der Waals surface area contributed by atoms with E-state index in [4.69, 9.17) is 10.8 Å². The van der Waals surface area contributed by atoms with Crippen LogP contribution in [-0.2, 0) is 4.79 Å². The molecule has 1 heterocycles. The summed E-state index contributed by atoms with van der Waals surface area (Å²) in [6, 6.07) is 5.35. The summed E-state index contributed by atoms with van der Waals surface area (Å²) < 4.78 is 1.11. The molecule has 3 N–H and O–H groups in total. The van der Waals surface area contributed by atoms with Gasteiger partial charge in [-0.15, -0.1) is 11.3 Å². The largest absolute Gasteiger partial charge is 0.481 e. The Balaban J connectivity index is 1.92. The second kappa shape index (κ2) is 4.33. The third-order valence-electron chi connectivity index (χ3n) is 3.18. The van der Waals surface area contributed by atoms with Crippen LogP contribution in [-0.4, -0.2) is 16.1 Å². The molecule has 0 amide bonds. The van der Waals surface area contributed by atoms with Gasteiger partial charge in [-0.05, 0) is 30.5 Å². The molecule has 1 aromatic carbocycles. The number of nitrogens with two attached hydrogens (primary N) is 1. The van der Waals surface area contributed by atoms with Crippen molar-refractivity contribution in [2.45, 2.75) is 31.2 Å². The minimum Gasteiger partial charge on any atom is -0.481 e. The smallest absolute Gasteiger partial charge is 0.305 e. The molecule has 0 bridgehead atoms. The Hall–Kier alpha value is -1.46. The van der Waals surface area contributed by atoms with Crippen LogP contribution in [0.25, 0.3) is 10.2 Å². The Morgan fingerprint density at radius 1 is 1.56 bits per heavy atom. The number of carboxylic acid groups (broad SMARTS) is 1. The highest BCUT2D eigenvalue weighted by Gasteiger charge is 2.27. The number of carboxylic acids is 1. The predicted octanol–water partition coefficient (Wildman–Crippen LogP) is 2.65. The number of thiazole rings is 1. The number of carbonyl (C=O) groups is 1. The van der Waals surface area contributed by atoms with Gasteiger partial charge in [0, 0.05) is 12.0 Å². The molecular formula is C13H14N2O2S. The zero-order valence-corrected chi connectivity index (χ0v) is 10.6. The van der Waals surface area contributed by atoms with Gasteiger partial charge in [0.2, 0.25) is 0 Å². The number of rotatable bonds is 4. The van der Waals surface area contributed by atoms with Gasteiger partial charge >= 0.3 is 5.97 Å². The number of aliphatic carboxylic acids is 1. The summed E-state index contributed by atoms with van der Waals surface area (Å²) >= 11 is 1.70. The number of nitrogens with zero attached hydrogens (tertiary/aromatic N) is 1. The first-order valence-electron chi connectivity index (χ1n) is 6.01. The summed E-state index contributed by atoms with van der Waals surface area (Å²) in [5.41, 5.74) is 7.73. The van der Waals surface area contributed by atoms with E-state index in [2.05, 4.69) is 4.98 Å². The third kappa shape index (κ3) is 2.23. The summed E-state index contributed by atoms with van der Waals surface area (Å²) in [5, 5.41) is 9.96. The molecule has 1 saturated carbocycles. The van der Waals surface area contributed by atoms with E-state index < -0.39 is 12.0 Å². The average Bonchev–Trinajstić information content (AvgIpc) is 3.07. The second-order valence-corrected chi connectivity index (χ2v) is 5.82. The molecule has 94 valence electrons. The summed E-state index contributed by atoms with van der Waals surface area (Å²) in [6.07, 6.45) is 2.44. The van der Waals surface area contributed by atoms with Crippen molar-refractivity contribution in [1.82, 2.24) is 4.98 Å². The van der Waals surface area contributed by atoms with Crippen LogP contribution in [0.2, 0.25) is 0 Å². The molecule has 0 saturated heterocycles. The minimum atomic E-state index is -0.870. The Morgan fingerprint density at radius 2 is 2.33 bits per heavy atom. The molecule has 3 rings (SSSR count). The van der Waals surface area contributed by atoms with Crippen molar-refractivity contribution in [3.05, 3.63) is 28.8 Å². The predicted molar refractivity (Wildman–Crippen MR) is 70.8 cm³/mol. The van der Waals surface area contributed by atoms with Gasteiger partial charge in [-0.25, -0.2) is 4.98 Å². The summed E-state index contributed by atoms with van der Waals surface area (Å²) in [5.74, 6) is -0.218. The number of hydrogen-bond acceptors (Lipinski definition) is 4. The molecule has 1 unspecified atom stereocenters. The van der Waals surface area contributed by atoms with Crippen LogP contribution >= 0.6 is 11.3 Å². The van der Waals surface area contributed by atoms with Crippen molar-refractivity contribution in [3.63, 3.8) is 0 Å². The summed E-state index contributed by atoms with van der Waals surface area (Å²) in [7, 11) is 0. The molecule has 18 heavy (non-hydrogen) atoms. The second-order valence-electron chi connectivity index (χ2n) is 4.76. The van der Waals surface area contributed by atoms with Crippen molar-refractivity contribution >= 4 is 27.5 Å². The molecular weight excluding hydrogens is 248 g/mol. The topological polar surface area (TPSA) is 76.2 Å². The zero-order chi connectivity index (χ0) is 12.7. The van der Waals surface area contributed by atoms with E-state index in [-0.39, 0.29) is 6.42 Å². The van der Waals surface area contributed by atoms with Crippen LogP contribution in [0.5, 0.6) is 0 Å². The molecule has 1 aliphatic rings. The van der Waals surface area contributed by atoms with Gasteiger partial charge in [0.25, 0.3) is 0 Å². The lowest BCUT2D eigenvalue weighted by Crippen LogP contribution is -2.14. The van der Waals surface area contributed by atoms with E-state index in [1.165, 1.54) is 17.8 Å². The molecule has 4 nitrogen and oxygen atoms in total. The first-order chi connectivity index (χ1) is 8.63. The van der Waals surface area contributed by atoms with Gasteiger partial charge in [0.15, 0.2) is 0 Å². The zero-order valence-electron chi connectivity index (χ0n) is 9.80. The van der Waals surface area contributed by atoms with Crippen molar-refractivity contribution in [2.24, 2.45) is 5.73 Å². The molecule has 2 aromatic rings. The summed E-state index contributed by atoms with van der Waals surface area (Å²) in [4.78, 5) is 15.3. The molecule has 0 aliphatic heterocycles. The fourth-order valence-electron chi connectivity index (χ4n) is 2.00. The van der Waals surface area contributed by atoms with Crippen LogP contribution in [0.15, 0.2) is 18.2 Å². The van der Waals surface area contributed by atoms with E-state index in [1.54, 1.807) is 11.3 Å². The van der Waals surface area contributed by atoms with E-state index in [0.717, 1.165) is 15.8 Å². The average molecular weight is 262 g/mol. The Labute approximate surface area is 108 Å². The molecule has 0 spiro atoms. The maximum Gasteiger partial charge on any atom is 0.305 e. The van der Waals surface area contributed by atoms with Crippen molar-refractivity contribution in [3.8, 4) is 0 Å².